The average molecular weight is 256 g/mol. The number of aryl methyl sites for hydroxylation is 2. The van der Waals surface area contributed by atoms with Crippen molar-refractivity contribution in [3.8, 4) is 0 Å². The summed E-state index contributed by atoms with van der Waals surface area (Å²) in [7, 11) is 1.99. The predicted octanol–water partition coefficient (Wildman–Crippen LogP) is 3.11. The number of carbonyl (C=O) groups excluding carboxylic acids is 1. The molecule has 3 rings (SSSR count). The Kier molecular flexibility index (Phi) is 3.05. The zero-order chi connectivity index (χ0) is 13.4. The van der Waals surface area contributed by atoms with Crippen LogP contribution < -0.4 is 0 Å². The largest absolute Gasteiger partial charge is 0.340 e. The molecule has 0 aliphatic carbocycles. The number of hydrogen-bond acceptors (Lipinski definition) is 1. The number of nitrogens with zero attached hydrogens (tertiary/aromatic N) is 2. The van der Waals surface area contributed by atoms with Crippen LogP contribution in [-0.2, 0) is 7.05 Å². The molecule has 1 amide bonds. The molecule has 1 aliphatic heterocycles. The lowest BCUT2D eigenvalue weighted by atomic mass is 10.1. The molecule has 19 heavy (non-hydrogen) atoms. The van der Waals surface area contributed by atoms with Gasteiger partial charge in [-0.25, -0.2) is 0 Å². The minimum Gasteiger partial charge on any atom is -0.340 e. The highest BCUT2D eigenvalue weighted by molar-refractivity contribution is 5.99. The van der Waals surface area contributed by atoms with Crippen LogP contribution in [-0.4, -0.2) is 28.5 Å². The van der Waals surface area contributed by atoms with Gasteiger partial charge in [0.05, 0.1) is 0 Å². The van der Waals surface area contributed by atoms with E-state index in [1.807, 2.05) is 28.6 Å². The molecule has 1 aromatic heterocycles. The Balaban J connectivity index is 2.02. The van der Waals surface area contributed by atoms with Crippen molar-refractivity contribution in [1.29, 1.82) is 0 Å². The normalized spacial score (nSPS) is 16.0. The molecule has 0 saturated carbocycles. The molecule has 0 spiro atoms. The van der Waals surface area contributed by atoms with Gasteiger partial charge in [-0.1, -0.05) is 12.1 Å². The van der Waals surface area contributed by atoms with Crippen LogP contribution in [0.15, 0.2) is 24.3 Å². The molecular formula is C16H20N2O. The third-order valence-corrected chi connectivity index (χ3v) is 4.17. The maximum atomic E-state index is 12.6. The van der Waals surface area contributed by atoms with Gasteiger partial charge in [0.15, 0.2) is 0 Å². The van der Waals surface area contributed by atoms with E-state index < -0.39 is 0 Å². The molecule has 1 aromatic carbocycles. The lowest BCUT2D eigenvalue weighted by Gasteiger charge is -2.26. The van der Waals surface area contributed by atoms with Crippen LogP contribution in [0.25, 0.3) is 10.9 Å². The van der Waals surface area contributed by atoms with E-state index in [0.717, 1.165) is 37.1 Å². The van der Waals surface area contributed by atoms with Gasteiger partial charge in [0, 0.05) is 31.0 Å². The number of piperidine rings is 1. The first-order valence-electron chi connectivity index (χ1n) is 7.03. The Morgan fingerprint density at radius 1 is 1.16 bits per heavy atom. The number of amides is 1. The first-order chi connectivity index (χ1) is 9.18. The quantitative estimate of drug-likeness (QED) is 0.769. The second-order valence-corrected chi connectivity index (χ2v) is 5.45. The van der Waals surface area contributed by atoms with Crippen molar-refractivity contribution < 1.29 is 4.79 Å². The van der Waals surface area contributed by atoms with Crippen molar-refractivity contribution in [2.24, 2.45) is 7.05 Å². The van der Waals surface area contributed by atoms with Crippen molar-refractivity contribution in [3.63, 3.8) is 0 Å². The lowest BCUT2D eigenvalue weighted by molar-refractivity contribution is 0.0715. The van der Waals surface area contributed by atoms with Crippen LogP contribution in [0.2, 0.25) is 0 Å². The highest BCUT2D eigenvalue weighted by Gasteiger charge is 2.21. The van der Waals surface area contributed by atoms with Crippen molar-refractivity contribution in [1.82, 2.24) is 9.47 Å². The third-order valence-electron chi connectivity index (χ3n) is 4.17. The number of carbonyl (C=O) groups is 1. The van der Waals surface area contributed by atoms with E-state index >= 15 is 0 Å². The van der Waals surface area contributed by atoms with E-state index in [9.17, 15) is 4.79 Å². The molecule has 3 nitrogen and oxygen atoms in total. The zero-order valence-corrected chi connectivity index (χ0v) is 11.6. The van der Waals surface area contributed by atoms with Crippen molar-refractivity contribution in [2.45, 2.75) is 26.2 Å². The molecule has 0 bridgehead atoms. The summed E-state index contributed by atoms with van der Waals surface area (Å²) in [5.74, 6) is 0.179. The average Bonchev–Trinajstić information content (AvgIpc) is 2.78. The lowest BCUT2D eigenvalue weighted by Crippen LogP contribution is -2.36. The summed E-state index contributed by atoms with van der Waals surface area (Å²) in [6, 6.07) is 8.27. The summed E-state index contributed by atoms with van der Waals surface area (Å²) in [5, 5.41) is 1.19. The molecule has 2 heterocycles. The fraction of sp³-hybridized carbons (Fsp3) is 0.438. The van der Waals surface area contributed by atoms with Gasteiger partial charge in [0.2, 0.25) is 0 Å². The van der Waals surface area contributed by atoms with Gasteiger partial charge in [-0.2, -0.15) is 0 Å². The van der Waals surface area contributed by atoms with E-state index in [0.29, 0.717) is 0 Å². The summed E-state index contributed by atoms with van der Waals surface area (Å²) >= 11 is 0. The Morgan fingerprint density at radius 3 is 2.58 bits per heavy atom. The van der Waals surface area contributed by atoms with E-state index in [1.54, 1.807) is 0 Å². The summed E-state index contributed by atoms with van der Waals surface area (Å²) in [6.45, 7) is 3.90. The Morgan fingerprint density at radius 2 is 1.89 bits per heavy atom. The van der Waals surface area contributed by atoms with Crippen LogP contribution in [0.5, 0.6) is 0 Å². The van der Waals surface area contributed by atoms with Crippen molar-refractivity contribution in [3.05, 3.63) is 35.5 Å². The third kappa shape index (κ3) is 2.03. The van der Waals surface area contributed by atoms with Crippen molar-refractivity contribution >= 4 is 16.8 Å². The standard InChI is InChI=1S/C16H20N2O/c1-12-7-6-8-14-13(12)11-15(17(14)2)16(19)18-9-4-3-5-10-18/h6-8,11H,3-5,9-10H2,1-2H3. The first kappa shape index (κ1) is 12.3. The van der Waals surface area contributed by atoms with Crippen LogP contribution in [0, 0.1) is 6.92 Å². The summed E-state index contributed by atoms with van der Waals surface area (Å²) in [6.07, 6.45) is 3.52. The number of likely N-dealkylation sites (tertiary alicyclic amines) is 1. The van der Waals surface area contributed by atoms with Gasteiger partial charge in [-0.05, 0) is 43.9 Å². The minimum absolute atomic E-state index is 0.179. The van der Waals surface area contributed by atoms with E-state index in [4.69, 9.17) is 0 Å². The molecule has 1 fully saturated rings. The Hall–Kier alpha value is -1.77. The summed E-state index contributed by atoms with van der Waals surface area (Å²) < 4.78 is 2.03. The SMILES string of the molecule is Cc1cccc2c1cc(C(=O)N1CCCCC1)n2C. The van der Waals surface area contributed by atoms with Crippen LogP contribution >= 0.6 is 0 Å². The molecule has 0 unspecified atom stereocenters. The van der Waals surface area contributed by atoms with Crippen LogP contribution in [0.1, 0.15) is 35.3 Å². The molecule has 100 valence electrons. The first-order valence-corrected chi connectivity index (χ1v) is 7.03. The fourth-order valence-corrected chi connectivity index (χ4v) is 2.97. The molecule has 0 N–H and O–H groups in total. The maximum absolute atomic E-state index is 12.6. The number of aromatic nitrogens is 1. The maximum Gasteiger partial charge on any atom is 0.270 e. The molecule has 0 atom stereocenters. The number of benzene rings is 1. The highest BCUT2D eigenvalue weighted by Crippen LogP contribution is 2.23. The van der Waals surface area contributed by atoms with Crippen LogP contribution in [0.4, 0.5) is 0 Å². The van der Waals surface area contributed by atoms with Gasteiger partial charge in [0.25, 0.3) is 5.91 Å². The molecule has 1 saturated heterocycles. The molecule has 2 aromatic rings. The summed E-state index contributed by atoms with van der Waals surface area (Å²) in [5.41, 5.74) is 3.18. The van der Waals surface area contributed by atoms with E-state index in [-0.39, 0.29) is 5.91 Å². The number of fused-ring (bicyclic) bond motifs is 1. The van der Waals surface area contributed by atoms with Gasteiger partial charge in [-0.3, -0.25) is 4.79 Å². The van der Waals surface area contributed by atoms with Gasteiger partial charge >= 0.3 is 0 Å². The van der Waals surface area contributed by atoms with E-state index in [2.05, 4.69) is 19.1 Å². The minimum atomic E-state index is 0.179. The van der Waals surface area contributed by atoms with Gasteiger partial charge < -0.3 is 9.47 Å². The Labute approximate surface area is 113 Å². The second kappa shape index (κ2) is 4.72. The molecule has 1 aliphatic rings. The zero-order valence-electron chi connectivity index (χ0n) is 11.6. The number of rotatable bonds is 1. The second-order valence-electron chi connectivity index (χ2n) is 5.45. The van der Waals surface area contributed by atoms with Gasteiger partial charge in [-0.15, -0.1) is 0 Å². The molecule has 3 heteroatoms. The smallest absolute Gasteiger partial charge is 0.270 e. The number of hydrogen-bond donors (Lipinski definition) is 0. The molecule has 0 radical (unpaired) electrons. The monoisotopic (exact) mass is 256 g/mol. The Bertz CT molecular complexity index is 621. The van der Waals surface area contributed by atoms with Crippen molar-refractivity contribution in [2.75, 3.05) is 13.1 Å². The molecular weight excluding hydrogens is 236 g/mol. The van der Waals surface area contributed by atoms with Crippen LogP contribution in [0.3, 0.4) is 0 Å². The predicted molar refractivity (Wildman–Crippen MR) is 77.4 cm³/mol. The fourth-order valence-electron chi connectivity index (χ4n) is 2.97. The summed E-state index contributed by atoms with van der Waals surface area (Å²) in [4.78, 5) is 14.6. The van der Waals surface area contributed by atoms with Gasteiger partial charge in [0.1, 0.15) is 5.69 Å². The van der Waals surface area contributed by atoms with E-state index in [1.165, 1.54) is 17.4 Å². The topological polar surface area (TPSA) is 25.2 Å². The highest BCUT2D eigenvalue weighted by atomic mass is 16.2.